The Hall–Kier alpha value is -2.01. The Morgan fingerprint density at radius 2 is 2.17 bits per heavy atom. The fraction of sp³-hybridized carbons (Fsp3) is 0.308. The quantitative estimate of drug-likeness (QED) is 0.891. The highest BCUT2D eigenvalue weighted by atomic mass is 16.7. The molecular formula is C13H15N3O2. The molecule has 0 saturated carbocycles. The summed E-state index contributed by atoms with van der Waals surface area (Å²) < 4.78 is 12.5. The van der Waals surface area contributed by atoms with E-state index in [1.807, 2.05) is 43.2 Å². The Morgan fingerprint density at radius 3 is 3.00 bits per heavy atom. The second kappa shape index (κ2) is 4.34. The molecule has 5 heteroatoms. The van der Waals surface area contributed by atoms with E-state index in [2.05, 4.69) is 10.4 Å². The van der Waals surface area contributed by atoms with Crippen molar-refractivity contribution in [2.75, 3.05) is 13.8 Å². The molecule has 18 heavy (non-hydrogen) atoms. The summed E-state index contributed by atoms with van der Waals surface area (Å²) in [7, 11) is 3.84. The van der Waals surface area contributed by atoms with Crippen molar-refractivity contribution in [1.29, 1.82) is 0 Å². The third-order valence-corrected chi connectivity index (χ3v) is 2.93. The molecule has 0 unspecified atom stereocenters. The standard InChI is InChI=1S/C13H15N3O2/c1-14-6-11-10(7-16(2)15-11)9-3-4-12-13(5-9)18-8-17-12/h3-5,7,14H,6,8H2,1-2H3. The van der Waals surface area contributed by atoms with Gasteiger partial charge in [0.1, 0.15) is 0 Å². The lowest BCUT2D eigenvalue weighted by atomic mass is 10.1. The molecule has 1 N–H and O–H groups in total. The number of nitrogens with one attached hydrogen (secondary N) is 1. The van der Waals surface area contributed by atoms with Crippen molar-refractivity contribution in [3.05, 3.63) is 30.1 Å². The highest BCUT2D eigenvalue weighted by molar-refractivity contribution is 5.69. The van der Waals surface area contributed by atoms with Crippen LogP contribution in [0.25, 0.3) is 11.1 Å². The average Bonchev–Trinajstić information content (AvgIpc) is 2.95. The van der Waals surface area contributed by atoms with Crippen LogP contribution in [0.3, 0.4) is 0 Å². The van der Waals surface area contributed by atoms with Crippen LogP contribution in [-0.2, 0) is 13.6 Å². The molecule has 94 valence electrons. The largest absolute Gasteiger partial charge is 0.454 e. The minimum absolute atomic E-state index is 0.301. The number of hydrogen-bond acceptors (Lipinski definition) is 4. The predicted molar refractivity (Wildman–Crippen MR) is 67.5 cm³/mol. The van der Waals surface area contributed by atoms with Crippen LogP contribution in [0.15, 0.2) is 24.4 Å². The summed E-state index contributed by atoms with van der Waals surface area (Å²) in [6.45, 7) is 1.04. The zero-order valence-electron chi connectivity index (χ0n) is 10.4. The van der Waals surface area contributed by atoms with E-state index in [4.69, 9.17) is 9.47 Å². The minimum atomic E-state index is 0.301. The summed E-state index contributed by atoms with van der Waals surface area (Å²) in [5.74, 6) is 1.60. The Bertz CT molecular complexity index is 578. The van der Waals surface area contributed by atoms with E-state index in [1.165, 1.54) is 0 Å². The van der Waals surface area contributed by atoms with Gasteiger partial charge in [-0.15, -0.1) is 0 Å². The number of hydrogen-bond donors (Lipinski definition) is 1. The predicted octanol–water partition coefficient (Wildman–Crippen LogP) is 1.54. The van der Waals surface area contributed by atoms with Gasteiger partial charge in [0, 0.05) is 25.4 Å². The number of rotatable bonds is 3. The molecule has 0 radical (unpaired) electrons. The maximum Gasteiger partial charge on any atom is 0.231 e. The molecule has 0 bridgehead atoms. The van der Waals surface area contributed by atoms with Crippen molar-refractivity contribution in [2.45, 2.75) is 6.54 Å². The van der Waals surface area contributed by atoms with Crippen LogP contribution in [0, 0.1) is 0 Å². The van der Waals surface area contributed by atoms with Crippen LogP contribution < -0.4 is 14.8 Å². The molecule has 0 fully saturated rings. The summed E-state index contributed by atoms with van der Waals surface area (Å²) in [6, 6.07) is 5.97. The van der Waals surface area contributed by atoms with Gasteiger partial charge in [-0.3, -0.25) is 4.68 Å². The van der Waals surface area contributed by atoms with E-state index in [0.29, 0.717) is 6.79 Å². The second-order valence-electron chi connectivity index (χ2n) is 4.26. The summed E-state index contributed by atoms with van der Waals surface area (Å²) in [6.07, 6.45) is 2.02. The Morgan fingerprint density at radius 1 is 1.33 bits per heavy atom. The van der Waals surface area contributed by atoms with E-state index in [9.17, 15) is 0 Å². The van der Waals surface area contributed by atoms with Crippen LogP contribution in [0.5, 0.6) is 11.5 Å². The molecule has 0 atom stereocenters. The third-order valence-electron chi connectivity index (χ3n) is 2.93. The molecule has 1 aliphatic rings. The van der Waals surface area contributed by atoms with Crippen LogP contribution in [0.4, 0.5) is 0 Å². The topological polar surface area (TPSA) is 48.3 Å². The Kier molecular flexibility index (Phi) is 2.68. The SMILES string of the molecule is CNCc1nn(C)cc1-c1ccc2c(c1)OCO2. The van der Waals surface area contributed by atoms with Crippen LogP contribution in [-0.4, -0.2) is 23.6 Å². The molecule has 0 spiro atoms. The lowest BCUT2D eigenvalue weighted by Gasteiger charge is -2.03. The third kappa shape index (κ3) is 1.82. The fourth-order valence-electron chi connectivity index (χ4n) is 2.14. The van der Waals surface area contributed by atoms with Gasteiger partial charge < -0.3 is 14.8 Å². The summed E-state index contributed by atoms with van der Waals surface area (Å²) in [4.78, 5) is 0. The maximum atomic E-state index is 5.40. The summed E-state index contributed by atoms with van der Waals surface area (Å²) >= 11 is 0. The first-order valence-electron chi connectivity index (χ1n) is 5.85. The molecule has 2 heterocycles. The van der Waals surface area contributed by atoms with Crippen molar-refractivity contribution in [2.24, 2.45) is 7.05 Å². The molecule has 0 amide bonds. The molecule has 1 aliphatic heterocycles. The number of nitrogens with zero attached hydrogens (tertiary/aromatic N) is 2. The number of aromatic nitrogens is 2. The molecule has 3 rings (SSSR count). The second-order valence-corrected chi connectivity index (χ2v) is 4.26. The van der Waals surface area contributed by atoms with Crippen molar-refractivity contribution in [3.8, 4) is 22.6 Å². The van der Waals surface area contributed by atoms with Gasteiger partial charge in [-0.2, -0.15) is 5.10 Å². The normalized spacial score (nSPS) is 13.0. The molecule has 1 aromatic heterocycles. The Balaban J connectivity index is 2.03. The lowest BCUT2D eigenvalue weighted by molar-refractivity contribution is 0.174. The maximum absolute atomic E-state index is 5.40. The van der Waals surface area contributed by atoms with Gasteiger partial charge in [0.05, 0.1) is 5.69 Å². The minimum Gasteiger partial charge on any atom is -0.454 e. The first kappa shape index (κ1) is 11.1. The highest BCUT2D eigenvalue weighted by Crippen LogP contribution is 2.36. The Labute approximate surface area is 105 Å². The van der Waals surface area contributed by atoms with Gasteiger partial charge in [-0.05, 0) is 24.7 Å². The molecule has 1 aromatic carbocycles. The number of ether oxygens (including phenoxy) is 2. The van der Waals surface area contributed by atoms with Gasteiger partial charge in [0.25, 0.3) is 0 Å². The smallest absolute Gasteiger partial charge is 0.231 e. The average molecular weight is 245 g/mol. The van der Waals surface area contributed by atoms with E-state index in [0.717, 1.165) is 34.9 Å². The first-order valence-corrected chi connectivity index (χ1v) is 5.85. The summed E-state index contributed by atoms with van der Waals surface area (Å²) in [5.41, 5.74) is 3.24. The van der Waals surface area contributed by atoms with Crippen molar-refractivity contribution >= 4 is 0 Å². The van der Waals surface area contributed by atoms with Crippen LogP contribution >= 0.6 is 0 Å². The molecule has 2 aromatic rings. The van der Waals surface area contributed by atoms with Crippen molar-refractivity contribution < 1.29 is 9.47 Å². The zero-order chi connectivity index (χ0) is 12.5. The van der Waals surface area contributed by atoms with E-state index in [1.54, 1.807) is 0 Å². The van der Waals surface area contributed by atoms with Crippen molar-refractivity contribution in [3.63, 3.8) is 0 Å². The van der Waals surface area contributed by atoms with Gasteiger partial charge in [-0.1, -0.05) is 6.07 Å². The van der Waals surface area contributed by atoms with Gasteiger partial charge in [-0.25, -0.2) is 0 Å². The molecule has 0 aliphatic carbocycles. The van der Waals surface area contributed by atoms with E-state index < -0.39 is 0 Å². The first-order chi connectivity index (χ1) is 8.78. The highest BCUT2D eigenvalue weighted by Gasteiger charge is 2.16. The number of benzene rings is 1. The lowest BCUT2D eigenvalue weighted by Crippen LogP contribution is -2.07. The van der Waals surface area contributed by atoms with Crippen LogP contribution in [0.1, 0.15) is 5.69 Å². The summed E-state index contributed by atoms with van der Waals surface area (Å²) in [5, 5.41) is 7.58. The van der Waals surface area contributed by atoms with Gasteiger partial charge in [0.2, 0.25) is 6.79 Å². The molecule has 0 saturated heterocycles. The van der Waals surface area contributed by atoms with E-state index in [-0.39, 0.29) is 0 Å². The monoisotopic (exact) mass is 245 g/mol. The van der Waals surface area contributed by atoms with Gasteiger partial charge >= 0.3 is 0 Å². The fourth-order valence-corrected chi connectivity index (χ4v) is 2.14. The number of aryl methyl sites for hydroxylation is 1. The zero-order valence-corrected chi connectivity index (χ0v) is 10.4. The number of fused-ring (bicyclic) bond motifs is 1. The van der Waals surface area contributed by atoms with Crippen LogP contribution in [0.2, 0.25) is 0 Å². The van der Waals surface area contributed by atoms with Gasteiger partial charge in [0.15, 0.2) is 11.5 Å². The molecule has 5 nitrogen and oxygen atoms in total. The van der Waals surface area contributed by atoms with Crippen molar-refractivity contribution in [1.82, 2.24) is 15.1 Å². The molecular weight excluding hydrogens is 230 g/mol. The van der Waals surface area contributed by atoms with E-state index >= 15 is 0 Å².